The van der Waals surface area contributed by atoms with Crippen molar-refractivity contribution >= 4 is 17.5 Å². The summed E-state index contributed by atoms with van der Waals surface area (Å²) in [6, 6.07) is -0.440. The summed E-state index contributed by atoms with van der Waals surface area (Å²) in [7, 11) is 0. The quantitative estimate of drug-likeness (QED) is 0.718. The lowest BCUT2D eigenvalue weighted by Crippen LogP contribution is -2.43. The first-order valence-electron chi connectivity index (χ1n) is 5.13. The zero-order chi connectivity index (χ0) is 12.0. The van der Waals surface area contributed by atoms with Crippen LogP contribution in [0.3, 0.4) is 0 Å². The minimum Gasteiger partial charge on any atom is -0.346 e. The van der Waals surface area contributed by atoms with Gasteiger partial charge in [0.1, 0.15) is 5.78 Å². The molecule has 0 saturated heterocycles. The van der Waals surface area contributed by atoms with Gasteiger partial charge in [0.05, 0.1) is 6.04 Å². The van der Waals surface area contributed by atoms with E-state index in [0.717, 1.165) is 0 Å². The summed E-state index contributed by atoms with van der Waals surface area (Å²) in [6.07, 6.45) is 0.389. The van der Waals surface area contributed by atoms with Gasteiger partial charge < -0.3 is 10.1 Å². The second kappa shape index (κ2) is 6.32. The van der Waals surface area contributed by atoms with Crippen LogP contribution in [0, 0.1) is 5.92 Å². The molecule has 0 spiro atoms. The smallest absolute Gasteiger partial charge is 0.221 e. The Morgan fingerprint density at radius 1 is 1.07 bits per heavy atom. The lowest BCUT2D eigenvalue weighted by atomic mass is 10.0. The monoisotopic (exact) mass is 213 g/mol. The Balaban J connectivity index is 4.12. The molecule has 4 nitrogen and oxygen atoms in total. The first-order valence-corrected chi connectivity index (χ1v) is 5.13. The van der Waals surface area contributed by atoms with Gasteiger partial charge in [-0.05, 0) is 19.8 Å². The number of hydrogen-bond acceptors (Lipinski definition) is 3. The Bertz CT molecular complexity index is 259. The highest BCUT2D eigenvalue weighted by atomic mass is 16.2. The van der Waals surface area contributed by atoms with E-state index in [9.17, 15) is 14.4 Å². The molecule has 0 radical (unpaired) electrons. The first-order chi connectivity index (χ1) is 6.84. The highest BCUT2D eigenvalue weighted by Crippen LogP contribution is 2.03. The Kier molecular flexibility index (Phi) is 5.82. The fraction of sp³-hybridized carbons (Fsp3) is 0.727. The van der Waals surface area contributed by atoms with Crippen LogP contribution in [0.2, 0.25) is 0 Å². The molecule has 1 amide bonds. The standard InChI is InChI=1S/C11H19NO3/c1-7(2)11(9(4)14)12-10(15)6-5-8(3)13/h7,11H,5-6H2,1-4H3,(H,12,15). The van der Waals surface area contributed by atoms with E-state index in [0.29, 0.717) is 0 Å². The van der Waals surface area contributed by atoms with Crippen LogP contribution in [0.5, 0.6) is 0 Å². The fourth-order valence-corrected chi connectivity index (χ4v) is 1.27. The molecule has 0 rings (SSSR count). The van der Waals surface area contributed by atoms with Gasteiger partial charge in [0.2, 0.25) is 5.91 Å². The number of nitrogens with one attached hydrogen (secondary N) is 1. The van der Waals surface area contributed by atoms with E-state index in [1.165, 1.54) is 13.8 Å². The number of carbonyl (C=O) groups is 3. The first kappa shape index (κ1) is 13.8. The largest absolute Gasteiger partial charge is 0.346 e. The number of amides is 1. The molecular weight excluding hydrogens is 194 g/mol. The maximum Gasteiger partial charge on any atom is 0.221 e. The number of ketones is 2. The SMILES string of the molecule is CC(=O)CCC(=O)NC(C(C)=O)C(C)C. The molecule has 86 valence electrons. The molecule has 1 N–H and O–H groups in total. The molecule has 0 heterocycles. The topological polar surface area (TPSA) is 63.2 Å². The molecule has 1 atom stereocenters. The molecule has 0 aliphatic heterocycles. The second-order valence-electron chi connectivity index (χ2n) is 4.10. The molecule has 0 bridgehead atoms. The van der Waals surface area contributed by atoms with Gasteiger partial charge in [-0.15, -0.1) is 0 Å². The Morgan fingerprint density at radius 3 is 1.93 bits per heavy atom. The summed E-state index contributed by atoms with van der Waals surface area (Å²) in [5.41, 5.74) is 0. The van der Waals surface area contributed by atoms with Crippen molar-refractivity contribution in [3.63, 3.8) is 0 Å². The van der Waals surface area contributed by atoms with Crippen molar-refractivity contribution < 1.29 is 14.4 Å². The third kappa shape index (κ3) is 5.99. The van der Waals surface area contributed by atoms with Crippen molar-refractivity contribution in [1.29, 1.82) is 0 Å². The highest BCUT2D eigenvalue weighted by Gasteiger charge is 2.20. The second-order valence-corrected chi connectivity index (χ2v) is 4.10. The van der Waals surface area contributed by atoms with Crippen LogP contribution in [0.1, 0.15) is 40.5 Å². The Labute approximate surface area is 90.4 Å². The van der Waals surface area contributed by atoms with Crippen molar-refractivity contribution in [1.82, 2.24) is 5.32 Å². The maximum atomic E-state index is 11.4. The van der Waals surface area contributed by atoms with Crippen molar-refractivity contribution in [2.24, 2.45) is 5.92 Å². The molecule has 0 fully saturated rings. The van der Waals surface area contributed by atoms with Gasteiger partial charge >= 0.3 is 0 Å². The number of Topliss-reactive ketones (excluding diaryl/α,β-unsaturated/α-hetero) is 2. The molecule has 1 unspecified atom stereocenters. The van der Waals surface area contributed by atoms with Crippen LogP contribution < -0.4 is 5.32 Å². The molecule has 0 aliphatic carbocycles. The third-order valence-corrected chi connectivity index (χ3v) is 2.13. The van der Waals surface area contributed by atoms with Gasteiger partial charge in [-0.3, -0.25) is 9.59 Å². The molecule has 4 heteroatoms. The fourth-order valence-electron chi connectivity index (χ4n) is 1.27. The van der Waals surface area contributed by atoms with Crippen molar-refractivity contribution in [3.8, 4) is 0 Å². The van der Waals surface area contributed by atoms with Crippen LogP contribution in [0.4, 0.5) is 0 Å². The summed E-state index contributed by atoms with van der Waals surface area (Å²) in [5.74, 6) is -0.238. The van der Waals surface area contributed by atoms with E-state index >= 15 is 0 Å². The lowest BCUT2D eigenvalue weighted by molar-refractivity contribution is -0.128. The molecule has 15 heavy (non-hydrogen) atoms. The van der Waals surface area contributed by atoms with Crippen LogP contribution in [0.25, 0.3) is 0 Å². The van der Waals surface area contributed by atoms with Crippen molar-refractivity contribution in [2.75, 3.05) is 0 Å². The average Bonchev–Trinajstić information content (AvgIpc) is 2.09. The number of hydrogen-bond donors (Lipinski definition) is 1. The van der Waals surface area contributed by atoms with Gasteiger partial charge in [-0.25, -0.2) is 0 Å². The van der Waals surface area contributed by atoms with Crippen LogP contribution in [-0.4, -0.2) is 23.5 Å². The zero-order valence-electron chi connectivity index (χ0n) is 9.79. The minimum absolute atomic E-state index is 0.0194. The highest BCUT2D eigenvalue weighted by molar-refractivity contribution is 5.89. The number of carbonyl (C=O) groups excluding carboxylic acids is 3. The predicted octanol–water partition coefficient (Wildman–Crippen LogP) is 1.09. The van der Waals surface area contributed by atoms with Gasteiger partial charge in [-0.2, -0.15) is 0 Å². The molecular formula is C11H19NO3. The Morgan fingerprint density at radius 2 is 1.60 bits per heavy atom. The summed E-state index contributed by atoms with van der Waals surface area (Å²) < 4.78 is 0. The van der Waals surface area contributed by atoms with Gasteiger partial charge in [-0.1, -0.05) is 13.8 Å². The molecule has 0 aromatic rings. The van der Waals surface area contributed by atoms with Crippen LogP contribution in [-0.2, 0) is 14.4 Å². The average molecular weight is 213 g/mol. The summed E-state index contributed by atoms with van der Waals surface area (Å²) in [6.45, 7) is 6.64. The molecule has 0 aromatic carbocycles. The maximum absolute atomic E-state index is 11.4. The van der Waals surface area contributed by atoms with E-state index < -0.39 is 6.04 Å². The zero-order valence-corrected chi connectivity index (χ0v) is 9.79. The van der Waals surface area contributed by atoms with Gasteiger partial charge in [0.25, 0.3) is 0 Å². The predicted molar refractivity (Wildman–Crippen MR) is 57.4 cm³/mol. The molecule has 0 saturated carbocycles. The summed E-state index contributed by atoms with van der Waals surface area (Å²) in [4.78, 5) is 33.2. The third-order valence-electron chi connectivity index (χ3n) is 2.13. The summed E-state index contributed by atoms with van der Waals surface area (Å²) >= 11 is 0. The Hall–Kier alpha value is -1.19. The van der Waals surface area contributed by atoms with Gasteiger partial charge in [0.15, 0.2) is 5.78 Å². The lowest BCUT2D eigenvalue weighted by Gasteiger charge is -2.19. The van der Waals surface area contributed by atoms with Gasteiger partial charge in [0, 0.05) is 12.8 Å². The molecule has 0 aromatic heterocycles. The van der Waals surface area contributed by atoms with Crippen LogP contribution >= 0.6 is 0 Å². The van der Waals surface area contributed by atoms with E-state index in [2.05, 4.69) is 5.32 Å². The van der Waals surface area contributed by atoms with Crippen molar-refractivity contribution in [2.45, 2.75) is 46.6 Å². The number of rotatable bonds is 6. The van der Waals surface area contributed by atoms with E-state index in [1.54, 1.807) is 0 Å². The minimum atomic E-state index is -0.440. The van der Waals surface area contributed by atoms with E-state index in [-0.39, 0.29) is 36.2 Å². The van der Waals surface area contributed by atoms with Crippen LogP contribution in [0.15, 0.2) is 0 Å². The molecule has 0 aliphatic rings. The van der Waals surface area contributed by atoms with E-state index in [1.807, 2.05) is 13.8 Å². The van der Waals surface area contributed by atoms with E-state index in [4.69, 9.17) is 0 Å². The summed E-state index contributed by atoms with van der Waals surface area (Å²) in [5, 5.41) is 2.63. The van der Waals surface area contributed by atoms with Crippen molar-refractivity contribution in [3.05, 3.63) is 0 Å². The normalized spacial score (nSPS) is 12.3.